The van der Waals surface area contributed by atoms with Crippen LogP contribution in [0.15, 0.2) is 96.7 Å². The van der Waals surface area contributed by atoms with Gasteiger partial charge in [0.25, 0.3) is 0 Å². The van der Waals surface area contributed by atoms with Gasteiger partial charge in [0.1, 0.15) is 12.2 Å². The second-order valence-electron chi connectivity index (χ2n) is 6.26. The van der Waals surface area contributed by atoms with E-state index in [-0.39, 0.29) is 11.8 Å². The largest absolute Gasteiger partial charge is 0.386 e. The van der Waals surface area contributed by atoms with Crippen LogP contribution in [0.4, 0.5) is 0 Å². The van der Waals surface area contributed by atoms with Crippen LogP contribution in [0, 0.1) is 5.92 Å². The molecule has 1 aliphatic heterocycles. The lowest BCUT2D eigenvalue weighted by atomic mass is 10.1. The van der Waals surface area contributed by atoms with Crippen molar-refractivity contribution in [1.82, 2.24) is 5.32 Å². The molecule has 0 saturated heterocycles. The zero-order chi connectivity index (χ0) is 19.9. The summed E-state index contributed by atoms with van der Waals surface area (Å²) in [6.07, 6.45) is 24.5. The first-order chi connectivity index (χ1) is 13.0. The number of amides is 1. The molecule has 0 aromatic rings. The van der Waals surface area contributed by atoms with E-state index in [1.54, 1.807) is 36.5 Å². The zero-order valence-electron chi connectivity index (χ0n) is 15.9. The highest BCUT2D eigenvalue weighted by atomic mass is 16.3. The Hall–Kier alpha value is -2.69. The van der Waals surface area contributed by atoms with E-state index in [9.17, 15) is 15.0 Å². The molecule has 0 saturated carbocycles. The van der Waals surface area contributed by atoms with Crippen LogP contribution in [0.1, 0.15) is 13.8 Å². The Morgan fingerprint density at radius 2 is 1.37 bits per heavy atom. The lowest BCUT2D eigenvalue weighted by molar-refractivity contribution is -0.116. The second kappa shape index (κ2) is 13.5. The topological polar surface area (TPSA) is 69.6 Å². The molecule has 144 valence electrons. The lowest BCUT2D eigenvalue weighted by Gasteiger charge is -2.10. The normalized spacial score (nSPS) is 25.6. The molecular weight excluding hydrogens is 338 g/mol. The van der Waals surface area contributed by atoms with E-state index >= 15 is 0 Å². The Labute approximate surface area is 162 Å². The van der Waals surface area contributed by atoms with Gasteiger partial charge in [0.15, 0.2) is 0 Å². The summed E-state index contributed by atoms with van der Waals surface area (Å²) in [6, 6.07) is 0. The number of hydrogen-bond acceptors (Lipinski definition) is 3. The highest BCUT2D eigenvalue weighted by Gasteiger charge is 2.09. The molecule has 1 rings (SSSR count). The Morgan fingerprint density at radius 3 is 2.04 bits per heavy atom. The van der Waals surface area contributed by atoms with Crippen LogP contribution in [0.25, 0.3) is 0 Å². The molecular formula is C23H29NO3. The number of nitrogens with one attached hydrogen (secondary N) is 1. The lowest BCUT2D eigenvalue weighted by Crippen LogP contribution is -2.25. The Kier molecular flexibility index (Phi) is 11.2. The predicted molar refractivity (Wildman–Crippen MR) is 112 cm³/mol. The number of carbonyl (C=O) groups excluding carboxylic acids is 1. The molecule has 4 nitrogen and oxygen atoms in total. The van der Waals surface area contributed by atoms with Crippen molar-refractivity contribution in [3.8, 4) is 0 Å². The summed E-state index contributed by atoms with van der Waals surface area (Å²) < 4.78 is 0. The summed E-state index contributed by atoms with van der Waals surface area (Å²) in [5.74, 6) is 0.0713. The van der Waals surface area contributed by atoms with Crippen molar-refractivity contribution >= 4 is 5.91 Å². The monoisotopic (exact) mass is 367 g/mol. The first-order valence-corrected chi connectivity index (χ1v) is 9.01. The first-order valence-electron chi connectivity index (χ1n) is 9.01. The SMILES string of the molecule is CC1=CC(O)C(O)C=CC=CC=CC=CC=CC(C)CNC(=O)C=CC=C1. The van der Waals surface area contributed by atoms with Crippen molar-refractivity contribution in [2.45, 2.75) is 26.1 Å². The summed E-state index contributed by atoms with van der Waals surface area (Å²) in [4.78, 5) is 11.8. The van der Waals surface area contributed by atoms with Crippen LogP contribution in [-0.2, 0) is 4.79 Å². The number of aliphatic hydroxyl groups excluding tert-OH is 2. The number of rotatable bonds is 0. The first kappa shape index (κ1) is 22.4. The summed E-state index contributed by atoms with van der Waals surface area (Å²) >= 11 is 0. The molecule has 3 unspecified atom stereocenters. The van der Waals surface area contributed by atoms with Gasteiger partial charge >= 0.3 is 0 Å². The van der Waals surface area contributed by atoms with Crippen molar-refractivity contribution < 1.29 is 15.0 Å². The molecule has 27 heavy (non-hydrogen) atoms. The van der Waals surface area contributed by atoms with Crippen molar-refractivity contribution in [1.29, 1.82) is 0 Å². The van der Waals surface area contributed by atoms with Crippen LogP contribution < -0.4 is 5.32 Å². The number of allylic oxidation sites excluding steroid dienone is 12. The van der Waals surface area contributed by atoms with Gasteiger partial charge in [-0.1, -0.05) is 97.6 Å². The van der Waals surface area contributed by atoms with E-state index < -0.39 is 12.2 Å². The Bertz CT molecular complexity index is 690. The highest BCUT2D eigenvalue weighted by molar-refractivity contribution is 5.87. The minimum atomic E-state index is -1.00. The smallest absolute Gasteiger partial charge is 0.243 e. The molecule has 3 N–H and O–H groups in total. The van der Waals surface area contributed by atoms with Gasteiger partial charge in [0, 0.05) is 12.6 Å². The highest BCUT2D eigenvalue weighted by Crippen LogP contribution is 2.04. The van der Waals surface area contributed by atoms with Gasteiger partial charge in [-0.05, 0) is 12.8 Å². The predicted octanol–water partition coefficient (Wildman–Crippen LogP) is 3.31. The van der Waals surface area contributed by atoms with E-state index in [1.165, 1.54) is 12.2 Å². The zero-order valence-corrected chi connectivity index (χ0v) is 15.9. The van der Waals surface area contributed by atoms with E-state index in [1.807, 2.05) is 56.4 Å². The van der Waals surface area contributed by atoms with Gasteiger partial charge in [-0.3, -0.25) is 4.79 Å². The average molecular weight is 367 g/mol. The van der Waals surface area contributed by atoms with E-state index in [0.29, 0.717) is 6.54 Å². The van der Waals surface area contributed by atoms with Crippen LogP contribution in [0.2, 0.25) is 0 Å². The van der Waals surface area contributed by atoms with Gasteiger partial charge < -0.3 is 15.5 Å². The molecule has 1 amide bonds. The molecule has 3 atom stereocenters. The van der Waals surface area contributed by atoms with E-state index in [2.05, 4.69) is 5.32 Å². The van der Waals surface area contributed by atoms with E-state index in [0.717, 1.165) is 5.57 Å². The average Bonchev–Trinajstić information content (AvgIpc) is 2.64. The van der Waals surface area contributed by atoms with Gasteiger partial charge in [-0.15, -0.1) is 0 Å². The fourth-order valence-electron chi connectivity index (χ4n) is 2.09. The molecule has 0 aliphatic carbocycles. The molecule has 4 heteroatoms. The van der Waals surface area contributed by atoms with Crippen LogP contribution in [-0.4, -0.2) is 34.9 Å². The van der Waals surface area contributed by atoms with Crippen molar-refractivity contribution in [2.75, 3.05) is 6.54 Å². The Balaban J connectivity index is 2.87. The molecule has 1 aliphatic rings. The molecule has 0 aromatic carbocycles. The maximum atomic E-state index is 11.8. The van der Waals surface area contributed by atoms with Crippen LogP contribution >= 0.6 is 0 Å². The molecule has 0 radical (unpaired) electrons. The summed E-state index contributed by atoms with van der Waals surface area (Å²) in [6.45, 7) is 4.41. The Morgan fingerprint density at radius 1 is 0.815 bits per heavy atom. The molecule has 0 bridgehead atoms. The van der Waals surface area contributed by atoms with Gasteiger partial charge in [-0.2, -0.15) is 0 Å². The summed E-state index contributed by atoms with van der Waals surface area (Å²) in [7, 11) is 0. The van der Waals surface area contributed by atoms with Crippen LogP contribution in [0.3, 0.4) is 0 Å². The number of hydrogen-bond donors (Lipinski definition) is 3. The fourth-order valence-corrected chi connectivity index (χ4v) is 2.09. The number of aliphatic hydroxyl groups is 2. The van der Waals surface area contributed by atoms with Gasteiger partial charge in [-0.25, -0.2) is 0 Å². The fraction of sp³-hybridized carbons (Fsp3) is 0.261. The standard InChI is InChI=1S/C23H29NO3/c1-19-13-11-12-16-23(27)24-18-20(2)14-9-7-5-3-4-6-8-10-15-21(25)22(26)17-19/h3-17,20-22,25-26H,18H2,1-2H3,(H,24,27). The minimum absolute atomic E-state index is 0.158. The molecule has 1 heterocycles. The molecule has 0 fully saturated rings. The van der Waals surface area contributed by atoms with Crippen molar-refractivity contribution in [3.63, 3.8) is 0 Å². The van der Waals surface area contributed by atoms with Gasteiger partial charge in [0.2, 0.25) is 5.91 Å². The van der Waals surface area contributed by atoms with E-state index in [4.69, 9.17) is 0 Å². The van der Waals surface area contributed by atoms with Crippen molar-refractivity contribution in [3.05, 3.63) is 96.7 Å². The summed E-state index contributed by atoms with van der Waals surface area (Å²) in [5, 5.41) is 22.8. The third-order valence-electron chi connectivity index (χ3n) is 3.63. The number of carbonyl (C=O) groups is 1. The van der Waals surface area contributed by atoms with Gasteiger partial charge in [0.05, 0.1) is 0 Å². The molecule has 0 aromatic heterocycles. The molecule has 0 spiro atoms. The third kappa shape index (κ3) is 11.5. The quantitative estimate of drug-likeness (QED) is 0.615. The summed E-state index contributed by atoms with van der Waals surface area (Å²) in [5.41, 5.74) is 0.783. The van der Waals surface area contributed by atoms with Crippen molar-refractivity contribution in [2.24, 2.45) is 5.92 Å². The maximum Gasteiger partial charge on any atom is 0.243 e. The van der Waals surface area contributed by atoms with Crippen LogP contribution in [0.5, 0.6) is 0 Å². The minimum Gasteiger partial charge on any atom is -0.386 e. The maximum absolute atomic E-state index is 11.8. The third-order valence-corrected chi connectivity index (χ3v) is 3.63. The second-order valence-corrected chi connectivity index (χ2v) is 6.26.